The molecule has 0 saturated carbocycles. The second kappa shape index (κ2) is 7.48. The van der Waals surface area contributed by atoms with Crippen LogP contribution in [0.25, 0.3) is 16.9 Å². The van der Waals surface area contributed by atoms with Crippen molar-refractivity contribution in [1.29, 1.82) is 0 Å². The molecule has 7 heteroatoms. The number of benzene rings is 1. The van der Waals surface area contributed by atoms with E-state index < -0.39 is 5.82 Å². The number of pyridine rings is 1. The van der Waals surface area contributed by atoms with Crippen LogP contribution in [0.1, 0.15) is 13.8 Å². The molecule has 1 atom stereocenters. The third kappa shape index (κ3) is 3.59. The van der Waals surface area contributed by atoms with Crippen molar-refractivity contribution in [1.82, 2.24) is 14.8 Å². The molecule has 1 unspecified atom stereocenters. The largest absolute Gasteiger partial charge is 0.363 e. The lowest BCUT2D eigenvalue weighted by molar-refractivity contribution is 0.631. The van der Waals surface area contributed by atoms with Gasteiger partial charge in [0.05, 0.1) is 10.0 Å². The van der Waals surface area contributed by atoms with E-state index >= 15 is 0 Å². The molecule has 3 rings (SSSR count). The molecule has 0 spiro atoms. The number of anilines is 1. The molecular formula is C19H17Cl2FN4. The lowest BCUT2D eigenvalue weighted by atomic mass is 10.0. The van der Waals surface area contributed by atoms with Crippen LogP contribution in [0.4, 0.5) is 10.2 Å². The molecular weight excluding hydrogens is 374 g/mol. The van der Waals surface area contributed by atoms with Crippen LogP contribution in [0.15, 0.2) is 54.9 Å². The van der Waals surface area contributed by atoms with Crippen LogP contribution < -0.4 is 5.32 Å². The molecule has 0 amide bonds. The number of hydrogen-bond donors (Lipinski definition) is 1. The highest BCUT2D eigenvalue weighted by atomic mass is 35.5. The highest BCUT2D eigenvalue weighted by Gasteiger charge is 2.21. The molecule has 4 nitrogen and oxygen atoms in total. The van der Waals surface area contributed by atoms with Crippen LogP contribution in [0, 0.1) is 5.82 Å². The first-order valence-corrected chi connectivity index (χ1v) is 8.71. The maximum Gasteiger partial charge on any atom is 0.157 e. The summed E-state index contributed by atoms with van der Waals surface area (Å²) in [5.41, 5.74) is 1.51. The van der Waals surface area contributed by atoms with Gasteiger partial charge in [0.25, 0.3) is 0 Å². The first kappa shape index (κ1) is 18.4. The van der Waals surface area contributed by atoms with Crippen molar-refractivity contribution < 1.29 is 4.39 Å². The number of nitrogens with zero attached hydrogens (tertiary/aromatic N) is 3. The van der Waals surface area contributed by atoms with E-state index in [1.807, 2.05) is 13.8 Å². The third-order valence-electron chi connectivity index (χ3n) is 4.00. The van der Waals surface area contributed by atoms with Crippen LogP contribution >= 0.6 is 23.2 Å². The van der Waals surface area contributed by atoms with Gasteiger partial charge < -0.3 is 5.32 Å². The van der Waals surface area contributed by atoms with Gasteiger partial charge in [0.1, 0.15) is 11.6 Å². The van der Waals surface area contributed by atoms with Crippen molar-refractivity contribution in [3.63, 3.8) is 0 Å². The predicted molar refractivity (Wildman–Crippen MR) is 105 cm³/mol. The summed E-state index contributed by atoms with van der Waals surface area (Å²) in [4.78, 5) is 4.60. The fourth-order valence-electron chi connectivity index (χ4n) is 2.43. The molecule has 2 heterocycles. The monoisotopic (exact) mass is 390 g/mol. The smallest absolute Gasteiger partial charge is 0.157 e. The number of rotatable bonds is 5. The Morgan fingerprint density at radius 2 is 2.00 bits per heavy atom. The molecule has 0 bridgehead atoms. The Morgan fingerprint density at radius 3 is 2.62 bits per heavy atom. The molecule has 0 fully saturated rings. The van der Waals surface area contributed by atoms with Crippen LogP contribution in [-0.4, -0.2) is 20.8 Å². The standard InChI is InChI=1S/C19H17Cl2FN4/c1-11(2)12(3)24-19-18(17-13(20)6-4-7-15(17)22)14(21)10-16(25-19)26-9-5-8-23-26/h4-10,12H,1H2,2-3H3,(H,24,25). The van der Waals surface area contributed by atoms with Gasteiger partial charge in [0.15, 0.2) is 5.82 Å². The molecule has 0 saturated heterocycles. The van der Waals surface area contributed by atoms with Crippen molar-refractivity contribution in [2.24, 2.45) is 0 Å². The van der Waals surface area contributed by atoms with Gasteiger partial charge >= 0.3 is 0 Å². The van der Waals surface area contributed by atoms with E-state index in [0.717, 1.165) is 5.57 Å². The molecule has 0 aliphatic heterocycles. The topological polar surface area (TPSA) is 42.7 Å². The summed E-state index contributed by atoms with van der Waals surface area (Å²) >= 11 is 12.8. The van der Waals surface area contributed by atoms with Crippen molar-refractivity contribution in [3.8, 4) is 16.9 Å². The average molecular weight is 391 g/mol. The lowest BCUT2D eigenvalue weighted by Crippen LogP contribution is -2.18. The zero-order valence-electron chi connectivity index (χ0n) is 14.3. The Morgan fingerprint density at radius 1 is 1.23 bits per heavy atom. The van der Waals surface area contributed by atoms with Crippen molar-refractivity contribution >= 4 is 29.0 Å². The van der Waals surface area contributed by atoms with Crippen molar-refractivity contribution in [2.75, 3.05) is 5.32 Å². The van der Waals surface area contributed by atoms with Gasteiger partial charge in [-0.3, -0.25) is 0 Å². The molecule has 2 aromatic heterocycles. The van der Waals surface area contributed by atoms with E-state index in [4.69, 9.17) is 23.2 Å². The minimum Gasteiger partial charge on any atom is -0.363 e. The summed E-state index contributed by atoms with van der Waals surface area (Å²) in [6.45, 7) is 7.77. The van der Waals surface area contributed by atoms with Crippen LogP contribution in [-0.2, 0) is 0 Å². The second-order valence-corrected chi connectivity index (χ2v) is 6.76. The van der Waals surface area contributed by atoms with E-state index in [9.17, 15) is 4.39 Å². The van der Waals surface area contributed by atoms with Gasteiger partial charge in [0.2, 0.25) is 0 Å². The fourth-order valence-corrected chi connectivity index (χ4v) is 2.97. The second-order valence-electron chi connectivity index (χ2n) is 5.95. The molecule has 0 radical (unpaired) electrons. The molecule has 26 heavy (non-hydrogen) atoms. The Bertz CT molecular complexity index is 934. The third-order valence-corrected chi connectivity index (χ3v) is 4.62. The summed E-state index contributed by atoms with van der Waals surface area (Å²) in [5, 5.41) is 7.98. The van der Waals surface area contributed by atoms with Gasteiger partial charge in [0, 0.05) is 35.6 Å². The highest BCUT2D eigenvalue weighted by Crippen LogP contribution is 2.40. The maximum absolute atomic E-state index is 14.5. The van der Waals surface area contributed by atoms with Crippen molar-refractivity contribution in [3.05, 3.63) is 70.7 Å². The summed E-state index contributed by atoms with van der Waals surface area (Å²) in [6, 6.07) is 7.80. The lowest BCUT2D eigenvalue weighted by Gasteiger charge is -2.20. The number of hydrogen-bond acceptors (Lipinski definition) is 3. The summed E-state index contributed by atoms with van der Waals surface area (Å²) in [7, 11) is 0. The zero-order chi connectivity index (χ0) is 18.8. The van der Waals surface area contributed by atoms with E-state index in [0.29, 0.717) is 22.2 Å². The minimum atomic E-state index is -0.473. The van der Waals surface area contributed by atoms with Gasteiger partial charge in [-0.15, -0.1) is 0 Å². The molecule has 1 N–H and O–H groups in total. The summed E-state index contributed by atoms with van der Waals surface area (Å²) in [6.07, 6.45) is 3.39. The Hall–Kier alpha value is -2.37. The first-order valence-electron chi connectivity index (χ1n) is 7.95. The number of nitrogens with one attached hydrogen (secondary N) is 1. The summed E-state index contributed by atoms with van der Waals surface area (Å²) < 4.78 is 16.1. The van der Waals surface area contributed by atoms with E-state index in [2.05, 4.69) is 22.0 Å². The van der Waals surface area contributed by atoms with Crippen LogP contribution in [0.2, 0.25) is 10.0 Å². The maximum atomic E-state index is 14.5. The number of halogens is 3. The van der Waals surface area contributed by atoms with Gasteiger partial charge in [-0.2, -0.15) is 5.10 Å². The Kier molecular flexibility index (Phi) is 5.30. The first-order chi connectivity index (χ1) is 12.4. The van der Waals surface area contributed by atoms with Gasteiger partial charge in [-0.1, -0.05) is 41.4 Å². The SMILES string of the molecule is C=C(C)C(C)Nc1nc(-n2cccn2)cc(Cl)c1-c1c(F)cccc1Cl. The van der Waals surface area contributed by atoms with Crippen LogP contribution in [0.3, 0.4) is 0 Å². The highest BCUT2D eigenvalue weighted by molar-refractivity contribution is 6.37. The minimum absolute atomic E-state index is 0.101. The Labute approximate surface area is 161 Å². The molecule has 0 aliphatic rings. The normalized spacial score (nSPS) is 12.0. The Balaban J connectivity index is 2.24. The average Bonchev–Trinajstić information content (AvgIpc) is 3.11. The van der Waals surface area contributed by atoms with E-state index in [-0.39, 0.29) is 16.6 Å². The van der Waals surface area contributed by atoms with E-state index in [1.165, 1.54) is 6.07 Å². The fraction of sp³-hybridized carbons (Fsp3) is 0.158. The number of aromatic nitrogens is 3. The molecule has 3 aromatic rings. The van der Waals surface area contributed by atoms with Crippen molar-refractivity contribution in [2.45, 2.75) is 19.9 Å². The predicted octanol–water partition coefficient (Wildman–Crippen LogP) is 5.76. The molecule has 1 aromatic carbocycles. The molecule has 0 aliphatic carbocycles. The van der Waals surface area contributed by atoms with Gasteiger partial charge in [-0.05, 0) is 32.0 Å². The van der Waals surface area contributed by atoms with E-state index in [1.54, 1.807) is 41.3 Å². The van der Waals surface area contributed by atoms with Gasteiger partial charge in [-0.25, -0.2) is 14.1 Å². The zero-order valence-corrected chi connectivity index (χ0v) is 15.8. The van der Waals surface area contributed by atoms with Crippen LogP contribution in [0.5, 0.6) is 0 Å². The summed E-state index contributed by atoms with van der Waals surface area (Å²) in [5.74, 6) is 0.442. The molecule has 134 valence electrons. The quantitative estimate of drug-likeness (QED) is 0.563.